The number of hydrogen-bond acceptors (Lipinski definition) is 5. The summed E-state index contributed by atoms with van der Waals surface area (Å²) in [4.78, 5) is 16.8. The standard InChI is InChI=1S/C19H31N3O3.2ClH/c1-21(2)13-15-25-18-7-4-3-6-17(18)19(23)22-11-8-16(9-12-22)24-14-5-10-20;;/h3-4,6-7,16H,5,8-15,20H2,1-2H3;2*1H. The lowest BCUT2D eigenvalue weighted by molar-refractivity contribution is 0.00836. The minimum atomic E-state index is 0. The molecule has 0 aromatic heterocycles. The molecule has 8 heteroatoms. The number of amides is 1. The molecule has 0 unspecified atom stereocenters. The minimum absolute atomic E-state index is 0. The van der Waals surface area contributed by atoms with Crippen LogP contribution in [-0.4, -0.2) is 75.3 Å². The number of likely N-dealkylation sites (tertiary alicyclic amines) is 1. The lowest BCUT2D eigenvalue weighted by atomic mass is 10.1. The van der Waals surface area contributed by atoms with Gasteiger partial charge in [0.1, 0.15) is 12.4 Å². The van der Waals surface area contributed by atoms with E-state index in [9.17, 15) is 4.79 Å². The van der Waals surface area contributed by atoms with E-state index < -0.39 is 0 Å². The molecular formula is C19H33Cl2N3O3. The van der Waals surface area contributed by atoms with Gasteiger partial charge < -0.3 is 25.0 Å². The van der Waals surface area contributed by atoms with E-state index in [4.69, 9.17) is 15.2 Å². The summed E-state index contributed by atoms with van der Waals surface area (Å²) in [5.41, 5.74) is 6.13. The number of carbonyl (C=O) groups is 1. The highest BCUT2D eigenvalue weighted by Gasteiger charge is 2.25. The molecule has 1 aliphatic heterocycles. The molecule has 1 saturated heterocycles. The predicted molar refractivity (Wildman–Crippen MR) is 114 cm³/mol. The quantitative estimate of drug-likeness (QED) is 0.620. The highest BCUT2D eigenvalue weighted by atomic mass is 35.5. The Hall–Kier alpha value is -1.05. The predicted octanol–water partition coefficient (Wildman–Crippen LogP) is 2.44. The fourth-order valence-electron chi connectivity index (χ4n) is 2.84. The van der Waals surface area contributed by atoms with E-state index in [1.165, 1.54) is 0 Å². The van der Waals surface area contributed by atoms with Gasteiger partial charge in [0.25, 0.3) is 5.91 Å². The molecule has 1 aliphatic rings. The molecule has 0 atom stereocenters. The monoisotopic (exact) mass is 421 g/mol. The molecule has 1 aromatic carbocycles. The van der Waals surface area contributed by atoms with Gasteiger partial charge in [0.15, 0.2) is 0 Å². The maximum atomic E-state index is 12.9. The second-order valence-electron chi connectivity index (χ2n) is 6.65. The van der Waals surface area contributed by atoms with Crippen molar-refractivity contribution < 1.29 is 14.3 Å². The zero-order valence-corrected chi connectivity index (χ0v) is 17.9. The molecule has 2 rings (SSSR count). The van der Waals surface area contributed by atoms with Crippen LogP contribution in [0, 0.1) is 0 Å². The van der Waals surface area contributed by atoms with Gasteiger partial charge in [-0.2, -0.15) is 0 Å². The normalized spacial score (nSPS) is 14.4. The van der Waals surface area contributed by atoms with Crippen molar-refractivity contribution in [3.8, 4) is 5.75 Å². The van der Waals surface area contributed by atoms with Crippen molar-refractivity contribution in [2.45, 2.75) is 25.4 Å². The van der Waals surface area contributed by atoms with Gasteiger partial charge in [0, 0.05) is 26.2 Å². The molecule has 27 heavy (non-hydrogen) atoms. The van der Waals surface area contributed by atoms with Crippen LogP contribution in [0.15, 0.2) is 24.3 Å². The molecule has 1 aromatic rings. The first-order chi connectivity index (χ1) is 12.1. The van der Waals surface area contributed by atoms with Gasteiger partial charge in [-0.25, -0.2) is 0 Å². The minimum Gasteiger partial charge on any atom is -0.491 e. The number of ether oxygens (including phenoxy) is 2. The molecule has 0 saturated carbocycles. The van der Waals surface area contributed by atoms with Crippen molar-refractivity contribution in [3.05, 3.63) is 29.8 Å². The van der Waals surface area contributed by atoms with E-state index in [0.717, 1.165) is 38.9 Å². The van der Waals surface area contributed by atoms with Crippen molar-refractivity contribution in [2.75, 3.05) is 53.5 Å². The van der Waals surface area contributed by atoms with Crippen LogP contribution in [0.4, 0.5) is 0 Å². The van der Waals surface area contributed by atoms with Gasteiger partial charge in [0.05, 0.1) is 11.7 Å². The largest absolute Gasteiger partial charge is 0.491 e. The highest BCUT2D eigenvalue weighted by molar-refractivity contribution is 5.97. The van der Waals surface area contributed by atoms with E-state index >= 15 is 0 Å². The maximum absolute atomic E-state index is 12.9. The van der Waals surface area contributed by atoms with Crippen molar-refractivity contribution in [2.24, 2.45) is 5.73 Å². The van der Waals surface area contributed by atoms with Crippen LogP contribution in [0.5, 0.6) is 5.75 Å². The van der Waals surface area contributed by atoms with E-state index in [-0.39, 0.29) is 36.8 Å². The Morgan fingerprint density at radius 2 is 1.85 bits per heavy atom. The van der Waals surface area contributed by atoms with Crippen LogP contribution < -0.4 is 10.5 Å². The van der Waals surface area contributed by atoms with Crippen LogP contribution in [-0.2, 0) is 4.74 Å². The van der Waals surface area contributed by atoms with Crippen molar-refractivity contribution >= 4 is 30.7 Å². The zero-order valence-electron chi connectivity index (χ0n) is 16.3. The highest BCUT2D eigenvalue weighted by Crippen LogP contribution is 2.23. The lowest BCUT2D eigenvalue weighted by Crippen LogP contribution is -2.41. The number of hydrogen-bond donors (Lipinski definition) is 1. The van der Waals surface area contributed by atoms with E-state index in [2.05, 4.69) is 4.90 Å². The lowest BCUT2D eigenvalue weighted by Gasteiger charge is -2.32. The summed E-state index contributed by atoms with van der Waals surface area (Å²) in [6.45, 7) is 4.18. The van der Waals surface area contributed by atoms with E-state index in [1.807, 2.05) is 43.3 Å². The Morgan fingerprint density at radius 3 is 2.48 bits per heavy atom. The smallest absolute Gasteiger partial charge is 0.257 e. The van der Waals surface area contributed by atoms with Gasteiger partial charge in [-0.1, -0.05) is 12.1 Å². The SMILES string of the molecule is CN(C)CCOc1ccccc1C(=O)N1CCC(OCCCN)CC1.Cl.Cl. The number of piperidine rings is 1. The summed E-state index contributed by atoms with van der Waals surface area (Å²) in [5.74, 6) is 0.705. The summed E-state index contributed by atoms with van der Waals surface area (Å²) in [6.07, 6.45) is 2.87. The topological polar surface area (TPSA) is 68.0 Å². The molecule has 0 spiro atoms. The molecule has 6 nitrogen and oxygen atoms in total. The average Bonchev–Trinajstić information content (AvgIpc) is 2.62. The van der Waals surface area contributed by atoms with E-state index in [0.29, 0.717) is 31.1 Å². The maximum Gasteiger partial charge on any atom is 0.257 e. The van der Waals surface area contributed by atoms with Gasteiger partial charge in [-0.15, -0.1) is 24.8 Å². The second kappa shape index (κ2) is 14.0. The summed E-state index contributed by atoms with van der Waals surface area (Å²) in [7, 11) is 4.00. The molecule has 0 bridgehead atoms. The first-order valence-electron chi connectivity index (χ1n) is 9.09. The number of nitrogens with zero attached hydrogens (tertiary/aromatic N) is 2. The zero-order chi connectivity index (χ0) is 18.1. The van der Waals surface area contributed by atoms with Crippen LogP contribution >= 0.6 is 24.8 Å². The average molecular weight is 422 g/mol. The summed E-state index contributed by atoms with van der Waals surface area (Å²) < 4.78 is 11.6. The van der Waals surface area contributed by atoms with Crippen molar-refractivity contribution in [1.82, 2.24) is 9.80 Å². The summed E-state index contributed by atoms with van der Waals surface area (Å²) in [6, 6.07) is 7.50. The number of likely N-dealkylation sites (N-methyl/N-ethyl adjacent to an activating group) is 1. The first kappa shape index (κ1) is 26.0. The van der Waals surface area contributed by atoms with Crippen LogP contribution in [0.1, 0.15) is 29.6 Å². The summed E-state index contributed by atoms with van der Waals surface area (Å²) >= 11 is 0. The number of nitrogens with two attached hydrogens (primary N) is 1. The first-order valence-corrected chi connectivity index (χ1v) is 9.09. The Labute approximate surface area is 175 Å². The molecule has 1 amide bonds. The fraction of sp³-hybridized carbons (Fsp3) is 0.632. The third kappa shape index (κ3) is 8.66. The second-order valence-corrected chi connectivity index (χ2v) is 6.65. The summed E-state index contributed by atoms with van der Waals surface area (Å²) in [5, 5.41) is 0. The van der Waals surface area contributed by atoms with Gasteiger partial charge in [-0.3, -0.25) is 4.79 Å². The molecule has 0 radical (unpaired) electrons. The van der Waals surface area contributed by atoms with Gasteiger partial charge in [0.2, 0.25) is 0 Å². The number of para-hydroxylation sites is 1. The van der Waals surface area contributed by atoms with Crippen LogP contribution in [0.25, 0.3) is 0 Å². The number of benzene rings is 1. The molecule has 1 heterocycles. The molecular weight excluding hydrogens is 389 g/mol. The third-order valence-corrected chi connectivity index (χ3v) is 4.34. The molecule has 156 valence electrons. The van der Waals surface area contributed by atoms with Crippen molar-refractivity contribution in [3.63, 3.8) is 0 Å². The number of halogens is 2. The van der Waals surface area contributed by atoms with Crippen LogP contribution in [0.3, 0.4) is 0 Å². The van der Waals surface area contributed by atoms with Crippen LogP contribution in [0.2, 0.25) is 0 Å². The Kier molecular flexibility index (Phi) is 13.5. The Morgan fingerprint density at radius 1 is 1.19 bits per heavy atom. The Bertz CT molecular complexity index is 539. The fourth-order valence-corrected chi connectivity index (χ4v) is 2.84. The molecule has 0 aliphatic carbocycles. The van der Waals surface area contributed by atoms with E-state index in [1.54, 1.807) is 0 Å². The number of carbonyl (C=O) groups excluding carboxylic acids is 1. The van der Waals surface area contributed by atoms with Crippen molar-refractivity contribution in [1.29, 1.82) is 0 Å². The molecule has 1 fully saturated rings. The van der Waals surface area contributed by atoms with Gasteiger partial charge in [-0.05, 0) is 52.0 Å². The van der Waals surface area contributed by atoms with Gasteiger partial charge >= 0.3 is 0 Å². The Balaban J connectivity index is 0.00000338. The molecule has 2 N–H and O–H groups in total. The third-order valence-electron chi connectivity index (χ3n) is 4.34. The number of rotatable bonds is 9.